The molecular weight excluding hydrogens is 140 g/mol. The summed E-state index contributed by atoms with van der Waals surface area (Å²) in [6, 6.07) is 0. The molecule has 0 amide bonds. The number of hydrogen-bond donors (Lipinski definition) is 0. The van der Waals surface area contributed by atoms with Gasteiger partial charge < -0.3 is 4.74 Å². The van der Waals surface area contributed by atoms with Gasteiger partial charge in [0.15, 0.2) is 0 Å². The van der Waals surface area contributed by atoms with Crippen LogP contribution in [0.4, 0.5) is 0 Å². The summed E-state index contributed by atoms with van der Waals surface area (Å²) in [5.74, 6) is 0.584. The molecule has 0 aliphatic heterocycles. The smallest absolute Gasteiger partial charge is 0.309 e. The molecule has 0 spiro atoms. The van der Waals surface area contributed by atoms with Crippen molar-refractivity contribution in [2.45, 2.75) is 20.3 Å². The van der Waals surface area contributed by atoms with Gasteiger partial charge in [-0.1, -0.05) is 12.2 Å². The maximum Gasteiger partial charge on any atom is 0.309 e. The highest BCUT2D eigenvalue weighted by molar-refractivity contribution is 5.76. The summed E-state index contributed by atoms with van der Waals surface area (Å²) in [5.41, 5.74) is 0. The van der Waals surface area contributed by atoms with Gasteiger partial charge in [0.1, 0.15) is 0 Å². The molecule has 2 nitrogen and oxygen atoms in total. The van der Waals surface area contributed by atoms with E-state index < -0.39 is 0 Å². The van der Waals surface area contributed by atoms with E-state index in [-0.39, 0.29) is 11.9 Å². The quantitative estimate of drug-likeness (QED) is 0.457. The van der Waals surface area contributed by atoms with Crippen LogP contribution in [0.3, 0.4) is 0 Å². The number of esters is 1. The Morgan fingerprint density at radius 2 is 2.45 bits per heavy atom. The van der Waals surface area contributed by atoms with Crippen molar-refractivity contribution in [2.75, 3.05) is 6.61 Å². The van der Waals surface area contributed by atoms with Crippen LogP contribution in [0.5, 0.6) is 0 Å². The molecule has 1 rings (SSSR count). The van der Waals surface area contributed by atoms with Crippen LogP contribution < -0.4 is 0 Å². The van der Waals surface area contributed by atoms with Crippen molar-refractivity contribution in [3.8, 4) is 0 Å². The Balaban J connectivity index is 2.26. The van der Waals surface area contributed by atoms with Crippen LogP contribution in [-0.4, -0.2) is 12.6 Å². The fourth-order valence-electron chi connectivity index (χ4n) is 1.19. The highest BCUT2D eigenvalue weighted by Crippen LogP contribution is 2.40. The third-order valence-electron chi connectivity index (χ3n) is 1.87. The lowest BCUT2D eigenvalue weighted by atomic mass is 10.3. The maximum absolute atomic E-state index is 11.0. The highest BCUT2D eigenvalue weighted by Gasteiger charge is 2.41. The summed E-state index contributed by atoms with van der Waals surface area (Å²) < 4.78 is 4.87. The summed E-state index contributed by atoms with van der Waals surface area (Å²) >= 11 is 0. The Morgan fingerprint density at radius 1 is 1.73 bits per heavy atom. The minimum atomic E-state index is -0.0319. The molecule has 0 unspecified atom stereocenters. The van der Waals surface area contributed by atoms with Gasteiger partial charge in [-0.2, -0.15) is 0 Å². The lowest BCUT2D eigenvalue weighted by Crippen LogP contribution is -2.06. The summed E-state index contributed by atoms with van der Waals surface area (Å²) in [6.07, 6.45) is 5.04. The lowest BCUT2D eigenvalue weighted by Gasteiger charge is -1.97. The van der Waals surface area contributed by atoms with Crippen LogP contribution >= 0.6 is 0 Å². The van der Waals surface area contributed by atoms with E-state index in [9.17, 15) is 4.79 Å². The van der Waals surface area contributed by atoms with Gasteiger partial charge in [0.05, 0.1) is 12.5 Å². The average Bonchev–Trinajstić information content (AvgIpc) is 2.69. The van der Waals surface area contributed by atoms with Gasteiger partial charge in [-0.25, -0.2) is 0 Å². The van der Waals surface area contributed by atoms with Gasteiger partial charge in [-0.05, 0) is 26.2 Å². The largest absolute Gasteiger partial charge is 0.466 e. The molecule has 1 aliphatic carbocycles. The standard InChI is InChI=1S/C9H14O2/c1-3-5-7-6-8(7)9(10)11-4-2/h3,5,7-8H,4,6H2,1-2H3/b5-3+/t7-,8+/m0/s1. The van der Waals surface area contributed by atoms with Gasteiger partial charge in [0, 0.05) is 0 Å². The van der Waals surface area contributed by atoms with E-state index in [4.69, 9.17) is 4.74 Å². The van der Waals surface area contributed by atoms with Crippen molar-refractivity contribution in [3.63, 3.8) is 0 Å². The number of ether oxygens (including phenoxy) is 1. The topological polar surface area (TPSA) is 26.3 Å². The summed E-state index contributed by atoms with van der Waals surface area (Å²) in [5, 5.41) is 0. The first-order chi connectivity index (χ1) is 5.29. The molecule has 0 aromatic heterocycles. The van der Waals surface area contributed by atoms with Crippen LogP contribution in [-0.2, 0) is 9.53 Å². The van der Waals surface area contributed by atoms with E-state index in [0.29, 0.717) is 12.5 Å². The minimum Gasteiger partial charge on any atom is -0.466 e. The first-order valence-corrected chi connectivity index (χ1v) is 4.09. The van der Waals surface area contributed by atoms with Crippen LogP contribution in [0.1, 0.15) is 20.3 Å². The molecule has 62 valence electrons. The van der Waals surface area contributed by atoms with E-state index in [1.807, 2.05) is 19.9 Å². The molecule has 0 radical (unpaired) electrons. The zero-order valence-corrected chi connectivity index (χ0v) is 7.04. The number of allylic oxidation sites excluding steroid dienone is 2. The summed E-state index contributed by atoms with van der Waals surface area (Å²) in [7, 11) is 0. The van der Waals surface area contributed by atoms with Crippen molar-refractivity contribution in [3.05, 3.63) is 12.2 Å². The zero-order chi connectivity index (χ0) is 8.27. The summed E-state index contributed by atoms with van der Waals surface area (Å²) in [4.78, 5) is 11.0. The number of hydrogen-bond acceptors (Lipinski definition) is 2. The molecule has 2 atom stereocenters. The lowest BCUT2D eigenvalue weighted by molar-refractivity contribution is -0.144. The normalized spacial score (nSPS) is 28.9. The van der Waals surface area contributed by atoms with Crippen molar-refractivity contribution >= 4 is 5.97 Å². The fraction of sp³-hybridized carbons (Fsp3) is 0.667. The van der Waals surface area contributed by atoms with Crippen LogP contribution in [0, 0.1) is 11.8 Å². The molecule has 0 N–H and O–H groups in total. The molecule has 2 heteroatoms. The molecular formula is C9H14O2. The minimum absolute atomic E-state index is 0.0319. The first kappa shape index (κ1) is 8.31. The Kier molecular flexibility index (Phi) is 2.69. The number of rotatable bonds is 3. The second-order valence-corrected chi connectivity index (χ2v) is 2.78. The Labute approximate surface area is 67.2 Å². The second-order valence-electron chi connectivity index (χ2n) is 2.78. The van der Waals surface area contributed by atoms with E-state index in [1.165, 1.54) is 0 Å². The average molecular weight is 154 g/mol. The molecule has 0 aromatic carbocycles. The monoisotopic (exact) mass is 154 g/mol. The number of carbonyl (C=O) groups excluding carboxylic acids is 1. The molecule has 1 saturated carbocycles. The zero-order valence-electron chi connectivity index (χ0n) is 7.04. The van der Waals surface area contributed by atoms with Gasteiger partial charge in [0.25, 0.3) is 0 Å². The SMILES string of the molecule is C/C=C/[C@H]1C[C@H]1C(=O)OCC. The Morgan fingerprint density at radius 3 is 3.00 bits per heavy atom. The van der Waals surface area contributed by atoms with E-state index in [0.717, 1.165) is 6.42 Å². The van der Waals surface area contributed by atoms with Crippen LogP contribution in [0.2, 0.25) is 0 Å². The first-order valence-electron chi connectivity index (χ1n) is 4.09. The second kappa shape index (κ2) is 3.56. The molecule has 0 saturated heterocycles. The van der Waals surface area contributed by atoms with Crippen molar-refractivity contribution in [2.24, 2.45) is 11.8 Å². The molecule has 0 aromatic rings. The molecule has 11 heavy (non-hydrogen) atoms. The van der Waals surface area contributed by atoms with Gasteiger partial charge in [0.2, 0.25) is 0 Å². The van der Waals surface area contributed by atoms with Gasteiger partial charge >= 0.3 is 5.97 Å². The van der Waals surface area contributed by atoms with Gasteiger partial charge in [-0.15, -0.1) is 0 Å². The Hall–Kier alpha value is -0.790. The molecule has 0 bridgehead atoms. The van der Waals surface area contributed by atoms with Crippen molar-refractivity contribution in [1.29, 1.82) is 0 Å². The van der Waals surface area contributed by atoms with Crippen molar-refractivity contribution < 1.29 is 9.53 Å². The number of carbonyl (C=O) groups is 1. The van der Waals surface area contributed by atoms with Crippen LogP contribution in [0.25, 0.3) is 0 Å². The third kappa shape index (κ3) is 2.07. The predicted octanol–water partition coefficient (Wildman–Crippen LogP) is 1.76. The summed E-state index contributed by atoms with van der Waals surface area (Å²) in [6.45, 7) is 4.31. The van der Waals surface area contributed by atoms with E-state index >= 15 is 0 Å². The van der Waals surface area contributed by atoms with E-state index in [2.05, 4.69) is 6.08 Å². The fourth-order valence-corrected chi connectivity index (χ4v) is 1.19. The highest BCUT2D eigenvalue weighted by atomic mass is 16.5. The molecule has 1 fully saturated rings. The van der Waals surface area contributed by atoms with Crippen molar-refractivity contribution in [1.82, 2.24) is 0 Å². The van der Waals surface area contributed by atoms with Gasteiger partial charge in [-0.3, -0.25) is 4.79 Å². The third-order valence-corrected chi connectivity index (χ3v) is 1.87. The van der Waals surface area contributed by atoms with Crippen LogP contribution in [0.15, 0.2) is 12.2 Å². The molecule has 0 heterocycles. The molecule has 1 aliphatic rings. The Bertz CT molecular complexity index is 172. The predicted molar refractivity (Wildman–Crippen MR) is 43.0 cm³/mol. The van der Waals surface area contributed by atoms with E-state index in [1.54, 1.807) is 0 Å². The maximum atomic E-state index is 11.0.